The van der Waals surface area contributed by atoms with Gasteiger partial charge >= 0.3 is 0 Å². The molecule has 18 heavy (non-hydrogen) atoms. The van der Waals surface area contributed by atoms with Gasteiger partial charge in [0.25, 0.3) is 0 Å². The van der Waals surface area contributed by atoms with Gasteiger partial charge in [0.1, 0.15) is 0 Å². The molecule has 0 radical (unpaired) electrons. The maximum absolute atomic E-state index is 4.39. The first-order chi connectivity index (χ1) is 8.59. The highest BCUT2D eigenvalue weighted by Gasteiger charge is 2.19. The molecule has 0 aliphatic carbocycles. The number of anilines is 1. The normalized spacial score (nSPS) is 11.8. The van der Waals surface area contributed by atoms with E-state index in [1.54, 1.807) is 0 Å². The first-order valence-electron chi connectivity index (χ1n) is 7.34. The first-order valence-corrected chi connectivity index (χ1v) is 7.34. The monoisotopic (exact) mass is 251 g/mol. The van der Waals surface area contributed by atoms with Crippen molar-refractivity contribution in [3.63, 3.8) is 0 Å². The molecule has 0 unspecified atom stereocenters. The molecule has 3 heteroatoms. The van der Waals surface area contributed by atoms with Gasteiger partial charge in [-0.25, -0.2) is 4.98 Å². The summed E-state index contributed by atoms with van der Waals surface area (Å²) in [6, 6.07) is 0. The molecule has 1 aromatic heterocycles. The minimum Gasteiger partial charge on any atom is -0.356 e. The third-order valence-corrected chi connectivity index (χ3v) is 3.30. The zero-order valence-corrected chi connectivity index (χ0v) is 12.5. The number of unbranched alkanes of at least 4 members (excludes halogenated alkanes) is 2. The van der Waals surface area contributed by atoms with Crippen molar-refractivity contribution in [3.05, 3.63) is 12.4 Å². The molecule has 1 aromatic rings. The summed E-state index contributed by atoms with van der Waals surface area (Å²) in [7, 11) is 0. The minimum atomic E-state index is 0.346. The van der Waals surface area contributed by atoms with Crippen LogP contribution < -0.4 is 5.32 Å². The average Bonchev–Trinajstić information content (AvgIpc) is 2.73. The van der Waals surface area contributed by atoms with Gasteiger partial charge < -0.3 is 9.88 Å². The highest BCUT2D eigenvalue weighted by atomic mass is 15.2. The van der Waals surface area contributed by atoms with Gasteiger partial charge in [-0.15, -0.1) is 0 Å². The Labute approximate surface area is 112 Å². The van der Waals surface area contributed by atoms with Gasteiger partial charge in [0.15, 0.2) is 0 Å². The van der Waals surface area contributed by atoms with Crippen LogP contribution in [0.25, 0.3) is 0 Å². The van der Waals surface area contributed by atoms with E-state index in [9.17, 15) is 0 Å². The Bertz CT molecular complexity index is 328. The minimum absolute atomic E-state index is 0.346. The van der Waals surface area contributed by atoms with E-state index < -0.39 is 0 Å². The van der Waals surface area contributed by atoms with Gasteiger partial charge in [-0.2, -0.15) is 0 Å². The topological polar surface area (TPSA) is 29.9 Å². The molecule has 3 nitrogen and oxygen atoms in total. The predicted molar refractivity (Wildman–Crippen MR) is 78.9 cm³/mol. The molecule has 104 valence electrons. The van der Waals surface area contributed by atoms with E-state index >= 15 is 0 Å². The van der Waals surface area contributed by atoms with Crippen molar-refractivity contribution < 1.29 is 0 Å². The van der Waals surface area contributed by atoms with E-state index in [-0.39, 0.29) is 0 Å². The Morgan fingerprint density at radius 1 is 1.22 bits per heavy atom. The predicted octanol–water partition coefficient (Wildman–Crippen LogP) is 4.31. The van der Waals surface area contributed by atoms with Crippen LogP contribution >= 0.6 is 0 Å². The van der Waals surface area contributed by atoms with E-state index in [0.29, 0.717) is 5.41 Å². The molecule has 0 aliphatic heterocycles. The molecule has 0 aromatic carbocycles. The summed E-state index contributed by atoms with van der Waals surface area (Å²) >= 11 is 0. The zero-order chi connectivity index (χ0) is 13.4. The molecule has 1 heterocycles. The van der Waals surface area contributed by atoms with Crippen LogP contribution in [0.5, 0.6) is 0 Å². The number of imidazole rings is 1. The quantitative estimate of drug-likeness (QED) is 0.663. The number of hydrogen-bond acceptors (Lipinski definition) is 2. The second-order valence-corrected chi connectivity index (χ2v) is 5.93. The van der Waals surface area contributed by atoms with Crippen LogP contribution in [-0.4, -0.2) is 16.1 Å². The Kier molecular flexibility index (Phi) is 6.23. The summed E-state index contributed by atoms with van der Waals surface area (Å²) in [5.74, 6) is 1.01. The van der Waals surface area contributed by atoms with Gasteiger partial charge in [0, 0.05) is 25.5 Å². The lowest BCUT2D eigenvalue weighted by atomic mass is 9.87. The first kappa shape index (κ1) is 15.1. The number of nitrogens with zero attached hydrogens (tertiary/aromatic N) is 2. The van der Waals surface area contributed by atoms with Crippen molar-refractivity contribution in [1.29, 1.82) is 0 Å². The van der Waals surface area contributed by atoms with E-state index in [2.05, 4.69) is 48.8 Å². The Morgan fingerprint density at radius 2 is 2.00 bits per heavy atom. The lowest BCUT2D eigenvalue weighted by molar-refractivity contribution is 0.273. The number of nitrogens with one attached hydrogen (secondary N) is 1. The van der Waals surface area contributed by atoms with Crippen LogP contribution in [0.2, 0.25) is 0 Å². The van der Waals surface area contributed by atoms with E-state index in [4.69, 9.17) is 0 Å². The highest BCUT2D eigenvalue weighted by Crippen LogP contribution is 2.27. The maximum atomic E-state index is 4.39. The van der Waals surface area contributed by atoms with Crippen LogP contribution in [0, 0.1) is 5.41 Å². The van der Waals surface area contributed by atoms with Crippen LogP contribution in [0.4, 0.5) is 5.95 Å². The Morgan fingerprint density at radius 3 is 2.67 bits per heavy atom. The largest absolute Gasteiger partial charge is 0.356 e. The molecule has 1 N–H and O–H groups in total. The lowest BCUT2D eigenvalue weighted by Gasteiger charge is -2.26. The summed E-state index contributed by atoms with van der Waals surface area (Å²) in [5, 5.41) is 3.38. The SMILES string of the molecule is CCCCCC(C)(C)Cn1ccnc1NCCC. The third kappa shape index (κ3) is 5.11. The third-order valence-electron chi connectivity index (χ3n) is 3.30. The fourth-order valence-electron chi connectivity index (χ4n) is 2.23. The highest BCUT2D eigenvalue weighted by molar-refractivity contribution is 5.25. The maximum Gasteiger partial charge on any atom is 0.202 e. The molecular formula is C15H29N3. The van der Waals surface area contributed by atoms with Crippen molar-refractivity contribution in [2.24, 2.45) is 5.41 Å². The van der Waals surface area contributed by atoms with Crippen molar-refractivity contribution in [2.75, 3.05) is 11.9 Å². The molecule has 0 fully saturated rings. The van der Waals surface area contributed by atoms with Crippen LogP contribution in [0.3, 0.4) is 0 Å². The molecular weight excluding hydrogens is 222 g/mol. The number of hydrogen-bond donors (Lipinski definition) is 1. The van der Waals surface area contributed by atoms with Gasteiger partial charge in [-0.1, -0.05) is 47.0 Å². The van der Waals surface area contributed by atoms with E-state index in [0.717, 1.165) is 25.5 Å². The van der Waals surface area contributed by atoms with Gasteiger partial charge in [0.05, 0.1) is 0 Å². The fraction of sp³-hybridized carbons (Fsp3) is 0.800. The van der Waals surface area contributed by atoms with E-state index in [1.807, 2.05) is 6.20 Å². The second-order valence-electron chi connectivity index (χ2n) is 5.93. The van der Waals surface area contributed by atoms with Crippen LogP contribution in [-0.2, 0) is 6.54 Å². The summed E-state index contributed by atoms with van der Waals surface area (Å²) in [4.78, 5) is 4.39. The van der Waals surface area contributed by atoms with Gasteiger partial charge in [-0.3, -0.25) is 0 Å². The molecule has 0 aliphatic rings. The van der Waals surface area contributed by atoms with Crippen molar-refractivity contribution in [2.45, 2.75) is 66.3 Å². The van der Waals surface area contributed by atoms with Gasteiger partial charge in [0.2, 0.25) is 5.95 Å². The molecule has 1 rings (SSSR count). The number of aromatic nitrogens is 2. The standard InChI is InChI=1S/C15H29N3/c1-5-7-8-9-15(3,4)13-18-12-11-17-14(18)16-10-6-2/h11-12H,5-10,13H2,1-4H3,(H,16,17). The van der Waals surface area contributed by atoms with Crippen molar-refractivity contribution >= 4 is 5.95 Å². The fourth-order valence-corrected chi connectivity index (χ4v) is 2.23. The summed E-state index contributed by atoms with van der Waals surface area (Å²) in [6.07, 6.45) is 10.4. The summed E-state index contributed by atoms with van der Waals surface area (Å²) in [5.41, 5.74) is 0.346. The van der Waals surface area contributed by atoms with Crippen LogP contribution in [0.1, 0.15) is 59.8 Å². The number of rotatable bonds is 9. The Balaban J connectivity index is 2.51. The smallest absolute Gasteiger partial charge is 0.202 e. The van der Waals surface area contributed by atoms with Crippen molar-refractivity contribution in [1.82, 2.24) is 9.55 Å². The summed E-state index contributed by atoms with van der Waals surface area (Å²) < 4.78 is 2.25. The van der Waals surface area contributed by atoms with E-state index in [1.165, 1.54) is 25.7 Å². The van der Waals surface area contributed by atoms with Crippen LogP contribution in [0.15, 0.2) is 12.4 Å². The molecule has 0 saturated carbocycles. The van der Waals surface area contributed by atoms with Crippen molar-refractivity contribution in [3.8, 4) is 0 Å². The second kappa shape index (κ2) is 7.45. The average molecular weight is 251 g/mol. The lowest BCUT2D eigenvalue weighted by Crippen LogP contribution is -2.21. The summed E-state index contributed by atoms with van der Waals surface area (Å²) in [6.45, 7) is 11.2. The van der Waals surface area contributed by atoms with Gasteiger partial charge in [-0.05, 0) is 18.3 Å². The molecule has 0 atom stereocenters. The molecule has 0 amide bonds. The molecule has 0 spiro atoms. The molecule has 0 saturated heterocycles. The Hall–Kier alpha value is -0.990. The zero-order valence-electron chi connectivity index (χ0n) is 12.5. The molecule has 0 bridgehead atoms.